The molecule has 0 amide bonds. The third-order valence-electron chi connectivity index (χ3n) is 3.90. The van der Waals surface area contributed by atoms with Crippen LogP contribution in [-0.4, -0.2) is 25.9 Å². The van der Waals surface area contributed by atoms with Crippen LogP contribution < -0.4 is 0 Å². The van der Waals surface area contributed by atoms with Crippen LogP contribution in [0.3, 0.4) is 0 Å². The molecule has 0 fully saturated rings. The molecule has 0 spiro atoms. The van der Waals surface area contributed by atoms with Crippen LogP contribution in [0.1, 0.15) is 24.5 Å². The van der Waals surface area contributed by atoms with Crippen molar-refractivity contribution >= 4 is 10.1 Å². The fourth-order valence-electron chi connectivity index (χ4n) is 2.63. The maximum atomic E-state index is 11.5. The van der Waals surface area contributed by atoms with Gasteiger partial charge in [0.2, 0.25) is 0 Å². The molecule has 0 saturated carbocycles. The predicted octanol–water partition coefficient (Wildman–Crippen LogP) is 2.87. The van der Waals surface area contributed by atoms with Crippen molar-refractivity contribution in [3.63, 3.8) is 0 Å². The van der Waals surface area contributed by atoms with Gasteiger partial charge in [0.25, 0.3) is 10.1 Å². The van der Waals surface area contributed by atoms with Crippen LogP contribution in [0, 0.1) is 0 Å². The second-order valence-corrected chi connectivity index (χ2v) is 7.32. The highest BCUT2D eigenvalue weighted by molar-refractivity contribution is 7.86. The molecule has 0 aliphatic rings. The Morgan fingerprint density at radius 1 is 1.04 bits per heavy atom. The Labute approximate surface area is 137 Å². The maximum Gasteiger partial charge on any atom is 0.264 e. The fourth-order valence-corrected chi connectivity index (χ4v) is 3.31. The van der Waals surface area contributed by atoms with Crippen LogP contribution in [0.25, 0.3) is 0 Å². The van der Waals surface area contributed by atoms with Crippen LogP contribution >= 0.6 is 0 Å². The zero-order valence-corrected chi connectivity index (χ0v) is 14.2. The first-order valence-electron chi connectivity index (χ1n) is 7.51. The Hall–Kier alpha value is -1.69. The summed E-state index contributed by atoms with van der Waals surface area (Å²) in [5.41, 5.74) is 0.334. The topological polar surface area (TPSA) is 63.6 Å². The lowest BCUT2D eigenvalue weighted by Gasteiger charge is -2.34. The van der Waals surface area contributed by atoms with Crippen molar-refractivity contribution < 1.29 is 17.7 Å². The van der Waals surface area contributed by atoms with Crippen molar-refractivity contribution in [3.8, 4) is 0 Å². The Morgan fingerprint density at radius 2 is 1.57 bits per heavy atom. The van der Waals surface area contributed by atoms with Gasteiger partial charge in [0.05, 0.1) is 6.26 Å². The van der Waals surface area contributed by atoms with Gasteiger partial charge in [0.15, 0.2) is 0 Å². The number of aryl methyl sites for hydroxylation is 1. The summed E-state index contributed by atoms with van der Waals surface area (Å²) in [5, 5.41) is 11.2. The van der Waals surface area contributed by atoms with Crippen LogP contribution in [0.4, 0.5) is 0 Å². The van der Waals surface area contributed by atoms with Crippen molar-refractivity contribution in [2.45, 2.75) is 31.5 Å². The van der Waals surface area contributed by atoms with E-state index in [4.69, 9.17) is 4.18 Å². The van der Waals surface area contributed by atoms with Crippen LogP contribution in [-0.2, 0) is 26.3 Å². The summed E-state index contributed by atoms with van der Waals surface area (Å²) in [6.45, 7) is 1.58. The van der Waals surface area contributed by atoms with E-state index in [1.54, 1.807) is 19.1 Å². The molecular weight excluding hydrogens is 312 g/mol. The molecule has 0 bridgehead atoms. The van der Waals surface area contributed by atoms with Crippen LogP contribution in [0.5, 0.6) is 0 Å². The molecule has 2 aromatic rings. The van der Waals surface area contributed by atoms with E-state index in [9.17, 15) is 13.5 Å². The van der Waals surface area contributed by atoms with Gasteiger partial charge in [-0.1, -0.05) is 60.7 Å². The molecule has 1 unspecified atom stereocenters. The molecule has 2 aromatic carbocycles. The average molecular weight is 334 g/mol. The van der Waals surface area contributed by atoms with Gasteiger partial charge in [-0.15, -0.1) is 0 Å². The number of hydrogen-bond donors (Lipinski definition) is 1. The Morgan fingerprint density at radius 3 is 2.09 bits per heavy atom. The lowest BCUT2D eigenvalue weighted by molar-refractivity contribution is -0.0625. The molecule has 0 radical (unpaired) electrons. The Balaban J connectivity index is 2.27. The first-order valence-corrected chi connectivity index (χ1v) is 9.33. The molecule has 0 saturated heterocycles. The summed E-state index contributed by atoms with van der Waals surface area (Å²) in [6.07, 6.45) is 1.08. The molecule has 23 heavy (non-hydrogen) atoms. The van der Waals surface area contributed by atoms with Gasteiger partial charge in [-0.3, -0.25) is 4.18 Å². The van der Waals surface area contributed by atoms with Crippen molar-refractivity contribution in [2.75, 3.05) is 6.26 Å². The van der Waals surface area contributed by atoms with Crippen LogP contribution in [0.15, 0.2) is 60.7 Å². The normalized spacial score (nSPS) is 15.8. The Bertz CT molecular complexity index is 713. The number of benzene rings is 2. The smallest absolute Gasteiger partial charge is 0.264 e. The van der Waals surface area contributed by atoms with E-state index in [2.05, 4.69) is 0 Å². The van der Waals surface area contributed by atoms with E-state index in [0.717, 1.165) is 11.8 Å². The molecule has 124 valence electrons. The van der Waals surface area contributed by atoms with Crippen molar-refractivity contribution in [2.24, 2.45) is 0 Å². The highest BCUT2D eigenvalue weighted by atomic mass is 32.2. The van der Waals surface area contributed by atoms with E-state index < -0.39 is 21.8 Å². The van der Waals surface area contributed by atoms with E-state index >= 15 is 0 Å². The SMILES string of the molecule is C[C@H](OS(C)(=O)=O)C(O)(CCc1ccccc1)c1ccccc1. The van der Waals surface area contributed by atoms with Gasteiger partial charge in [-0.25, -0.2) is 0 Å². The summed E-state index contributed by atoms with van der Waals surface area (Å²) >= 11 is 0. The standard InChI is InChI=1S/C18H22O4S/c1-15(22-23(2,20)21)18(19,17-11-7-4-8-12-17)14-13-16-9-5-3-6-10-16/h3-12,15,19H,13-14H2,1-2H3/t15-,18?/m0/s1. The molecule has 4 nitrogen and oxygen atoms in total. The first kappa shape index (κ1) is 17.7. The minimum atomic E-state index is -3.66. The van der Waals surface area contributed by atoms with Gasteiger partial charge in [0.1, 0.15) is 11.7 Å². The third-order valence-corrected chi connectivity index (χ3v) is 4.54. The lowest BCUT2D eigenvalue weighted by Crippen LogP contribution is -2.41. The van der Waals surface area contributed by atoms with Crippen molar-refractivity contribution in [1.29, 1.82) is 0 Å². The summed E-state index contributed by atoms with van der Waals surface area (Å²) in [6, 6.07) is 18.8. The summed E-state index contributed by atoms with van der Waals surface area (Å²) in [4.78, 5) is 0. The minimum absolute atomic E-state index is 0.359. The zero-order valence-electron chi connectivity index (χ0n) is 13.3. The molecule has 0 aromatic heterocycles. The second kappa shape index (κ2) is 7.25. The number of aliphatic hydroxyl groups is 1. The van der Waals surface area contributed by atoms with Gasteiger partial charge in [0, 0.05) is 0 Å². The van der Waals surface area contributed by atoms with E-state index in [1.165, 1.54) is 0 Å². The number of hydrogen-bond acceptors (Lipinski definition) is 4. The quantitative estimate of drug-likeness (QED) is 0.791. The van der Waals surface area contributed by atoms with Gasteiger partial charge in [-0.05, 0) is 30.9 Å². The summed E-state index contributed by atoms with van der Waals surface area (Å²) in [7, 11) is -3.66. The highest BCUT2D eigenvalue weighted by Gasteiger charge is 2.38. The van der Waals surface area contributed by atoms with E-state index in [0.29, 0.717) is 18.4 Å². The van der Waals surface area contributed by atoms with Gasteiger partial charge < -0.3 is 5.11 Å². The summed E-state index contributed by atoms with van der Waals surface area (Å²) < 4.78 is 28.0. The first-order chi connectivity index (χ1) is 10.8. The van der Waals surface area contributed by atoms with Crippen molar-refractivity contribution in [3.05, 3.63) is 71.8 Å². The summed E-state index contributed by atoms with van der Waals surface area (Å²) in [5.74, 6) is 0. The van der Waals surface area contributed by atoms with Crippen molar-refractivity contribution in [1.82, 2.24) is 0 Å². The molecule has 0 aliphatic carbocycles. The molecule has 0 heterocycles. The average Bonchev–Trinajstić information content (AvgIpc) is 2.53. The Kier molecular flexibility index (Phi) is 5.57. The molecule has 2 atom stereocenters. The number of rotatable bonds is 7. The lowest BCUT2D eigenvalue weighted by atomic mass is 9.83. The van der Waals surface area contributed by atoms with Gasteiger partial charge in [-0.2, -0.15) is 8.42 Å². The van der Waals surface area contributed by atoms with Gasteiger partial charge >= 0.3 is 0 Å². The minimum Gasteiger partial charge on any atom is -0.382 e. The second-order valence-electron chi connectivity index (χ2n) is 5.72. The monoisotopic (exact) mass is 334 g/mol. The third kappa shape index (κ3) is 4.89. The zero-order chi connectivity index (χ0) is 16.9. The highest BCUT2D eigenvalue weighted by Crippen LogP contribution is 2.32. The predicted molar refractivity (Wildman–Crippen MR) is 90.5 cm³/mol. The molecule has 1 N–H and O–H groups in total. The molecule has 0 aliphatic heterocycles. The fraction of sp³-hybridized carbons (Fsp3) is 0.333. The maximum absolute atomic E-state index is 11.5. The van der Waals surface area contributed by atoms with E-state index in [1.807, 2.05) is 48.5 Å². The molecule has 2 rings (SSSR count). The largest absolute Gasteiger partial charge is 0.382 e. The van der Waals surface area contributed by atoms with Crippen LogP contribution in [0.2, 0.25) is 0 Å². The molecular formula is C18H22O4S. The molecule has 5 heteroatoms. The van der Waals surface area contributed by atoms with E-state index in [-0.39, 0.29) is 0 Å².